The van der Waals surface area contributed by atoms with Gasteiger partial charge in [-0.3, -0.25) is 0 Å². The second-order valence-corrected chi connectivity index (χ2v) is 5.57. The van der Waals surface area contributed by atoms with Crippen molar-refractivity contribution in [3.05, 3.63) is 64.7 Å². The third-order valence-electron chi connectivity index (χ3n) is 3.77. The first kappa shape index (κ1) is 13.4. The molecule has 1 nitrogen and oxygen atoms in total. The molecule has 2 aromatic rings. The van der Waals surface area contributed by atoms with E-state index in [9.17, 15) is 8.78 Å². The minimum Gasteiger partial charge on any atom is -0.382 e. The fraction of sp³-hybridized carbons (Fsp3) is 0.250. The Hall–Kier alpha value is -1.61. The van der Waals surface area contributed by atoms with E-state index in [1.165, 1.54) is 12.1 Å². The minimum atomic E-state index is -0.421. The summed E-state index contributed by atoms with van der Waals surface area (Å²) in [5, 5.41) is 3.40. The molecule has 1 aliphatic rings. The Balaban J connectivity index is 1.61. The Morgan fingerprint density at radius 3 is 2.45 bits per heavy atom. The van der Waals surface area contributed by atoms with Crippen LogP contribution in [-0.4, -0.2) is 6.04 Å². The average Bonchev–Trinajstić information content (AvgIpc) is 2.39. The molecule has 0 aromatic heterocycles. The van der Waals surface area contributed by atoms with E-state index in [2.05, 4.69) is 5.32 Å². The molecular weight excluding hydrogens is 280 g/mol. The summed E-state index contributed by atoms with van der Waals surface area (Å²) in [6.45, 7) is 0. The zero-order chi connectivity index (χ0) is 14.1. The molecule has 0 atom stereocenters. The van der Waals surface area contributed by atoms with Gasteiger partial charge in [0.2, 0.25) is 0 Å². The van der Waals surface area contributed by atoms with Crippen LogP contribution >= 0.6 is 11.6 Å². The van der Waals surface area contributed by atoms with Crippen LogP contribution in [0.4, 0.5) is 14.5 Å². The summed E-state index contributed by atoms with van der Waals surface area (Å²) in [6.07, 6.45) is 1.74. The van der Waals surface area contributed by atoms with E-state index >= 15 is 0 Å². The summed E-state index contributed by atoms with van der Waals surface area (Å²) in [7, 11) is 0. The molecule has 0 spiro atoms. The summed E-state index contributed by atoms with van der Waals surface area (Å²) < 4.78 is 26.7. The van der Waals surface area contributed by atoms with Crippen molar-refractivity contribution in [2.75, 3.05) is 5.32 Å². The zero-order valence-electron chi connectivity index (χ0n) is 10.7. The third-order valence-corrected chi connectivity index (χ3v) is 4.06. The highest BCUT2D eigenvalue weighted by Crippen LogP contribution is 2.39. The molecule has 104 valence electrons. The lowest BCUT2D eigenvalue weighted by Gasteiger charge is -2.37. The molecule has 2 aromatic carbocycles. The zero-order valence-corrected chi connectivity index (χ0v) is 11.5. The van der Waals surface area contributed by atoms with Crippen LogP contribution in [0.25, 0.3) is 0 Å². The molecule has 20 heavy (non-hydrogen) atoms. The molecule has 0 saturated heterocycles. The van der Waals surface area contributed by atoms with E-state index in [4.69, 9.17) is 11.6 Å². The van der Waals surface area contributed by atoms with Gasteiger partial charge < -0.3 is 5.32 Å². The van der Waals surface area contributed by atoms with Crippen LogP contribution < -0.4 is 5.32 Å². The number of hydrogen-bond donors (Lipinski definition) is 1. The number of nitrogens with one attached hydrogen (secondary N) is 1. The molecular formula is C16H14ClF2N. The van der Waals surface area contributed by atoms with Crippen LogP contribution in [-0.2, 0) is 0 Å². The molecule has 1 saturated carbocycles. The van der Waals surface area contributed by atoms with Gasteiger partial charge in [-0.05, 0) is 48.6 Å². The van der Waals surface area contributed by atoms with Crippen molar-refractivity contribution in [3.63, 3.8) is 0 Å². The predicted octanol–water partition coefficient (Wildman–Crippen LogP) is 4.98. The van der Waals surface area contributed by atoms with Crippen LogP contribution in [0.15, 0.2) is 42.5 Å². The van der Waals surface area contributed by atoms with E-state index in [1.54, 1.807) is 18.2 Å². The molecule has 0 amide bonds. The van der Waals surface area contributed by atoms with Crippen molar-refractivity contribution in [2.45, 2.75) is 24.8 Å². The highest BCUT2D eigenvalue weighted by atomic mass is 35.5. The highest BCUT2D eigenvalue weighted by molar-refractivity contribution is 6.31. The number of anilines is 1. The highest BCUT2D eigenvalue weighted by Gasteiger charge is 2.31. The lowest BCUT2D eigenvalue weighted by atomic mass is 9.75. The topological polar surface area (TPSA) is 12.0 Å². The van der Waals surface area contributed by atoms with Gasteiger partial charge in [0.1, 0.15) is 11.6 Å². The van der Waals surface area contributed by atoms with Crippen LogP contribution in [0.5, 0.6) is 0 Å². The smallest absolute Gasteiger partial charge is 0.141 e. The summed E-state index contributed by atoms with van der Waals surface area (Å²) in [5.41, 5.74) is 1.58. The monoisotopic (exact) mass is 293 g/mol. The van der Waals surface area contributed by atoms with Gasteiger partial charge >= 0.3 is 0 Å². The molecule has 0 bridgehead atoms. The molecule has 0 radical (unpaired) electrons. The lowest BCUT2D eigenvalue weighted by Crippen LogP contribution is -2.34. The van der Waals surface area contributed by atoms with Gasteiger partial charge in [0.05, 0.1) is 5.02 Å². The van der Waals surface area contributed by atoms with Crippen LogP contribution in [0.2, 0.25) is 5.02 Å². The Kier molecular flexibility index (Phi) is 3.62. The number of halogens is 3. The van der Waals surface area contributed by atoms with Crippen molar-refractivity contribution in [3.8, 4) is 0 Å². The van der Waals surface area contributed by atoms with Crippen molar-refractivity contribution in [2.24, 2.45) is 0 Å². The first-order valence-corrected chi connectivity index (χ1v) is 6.97. The van der Waals surface area contributed by atoms with E-state index < -0.39 is 5.82 Å². The van der Waals surface area contributed by atoms with Crippen molar-refractivity contribution in [1.82, 2.24) is 0 Å². The van der Waals surface area contributed by atoms with Gasteiger partial charge in [-0.2, -0.15) is 0 Å². The largest absolute Gasteiger partial charge is 0.382 e. The Morgan fingerprint density at radius 2 is 1.75 bits per heavy atom. The average molecular weight is 294 g/mol. The molecule has 1 aliphatic carbocycles. The maximum Gasteiger partial charge on any atom is 0.141 e. The van der Waals surface area contributed by atoms with Gasteiger partial charge in [-0.1, -0.05) is 29.8 Å². The molecule has 0 heterocycles. The van der Waals surface area contributed by atoms with Crippen molar-refractivity contribution < 1.29 is 8.78 Å². The summed E-state index contributed by atoms with van der Waals surface area (Å²) >= 11 is 5.74. The van der Waals surface area contributed by atoms with Gasteiger partial charge in [-0.25, -0.2) is 8.78 Å². The first-order valence-electron chi connectivity index (χ1n) is 6.59. The summed E-state index contributed by atoms with van der Waals surface area (Å²) in [5.74, 6) is -0.305. The molecule has 3 rings (SSSR count). The molecule has 1 fully saturated rings. The Bertz CT molecular complexity index is 624. The fourth-order valence-corrected chi connectivity index (χ4v) is 2.80. The second kappa shape index (κ2) is 5.41. The lowest BCUT2D eigenvalue weighted by molar-refractivity contribution is 0.363. The van der Waals surface area contributed by atoms with E-state index in [0.717, 1.165) is 24.1 Å². The van der Waals surface area contributed by atoms with Crippen LogP contribution in [0, 0.1) is 11.6 Å². The molecule has 0 aliphatic heterocycles. The fourth-order valence-electron chi connectivity index (χ4n) is 2.62. The van der Waals surface area contributed by atoms with Gasteiger partial charge in [0.15, 0.2) is 0 Å². The van der Waals surface area contributed by atoms with Gasteiger partial charge in [-0.15, -0.1) is 0 Å². The maximum atomic E-state index is 13.6. The SMILES string of the molecule is Fc1ccc(NC2CC(c3ccccc3F)C2)cc1Cl. The maximum absolute atomic E-state index is 13.6. The third kappa shape index (κ3) is 2.63. The first-order chi connectivity index (χ1) is 9.63. The van der Waals surface area contributed by atoms with E-state index in [0.29, 0.717) is 0 Å². The Morgan fingerprint density at radius 1 is 1.00 bits per heavy atom. The number of rotatable bonds is 3. The van der Waals surface area contributed by atoms with Crippen molar-refractivity contribution >= 4 is 17.3 Å². The van der Waals surface area contributed by atoms with Gasteiger partial charge in [0, 0.05) is 11.7 Å². The number of hydrogen-bond acceptors (Lipinski definition) is 1. The summed E-state index contributed by atoms with van der Waals surface area (Å²) in [4.78, 5) is 0. The van der Waals surface area contributed by atoms with Crippen molar-refractivity contribution in [1.29, 1.82) is 0 Å². The standard InChI is InChI=1S/C16H14ClF2N/c17-14-9-11(5-6-16(14)19)20-12-7-10(8-12)13-3-1-2-4-15(13)18/h1-6,9-10,12,20H,7-8H2. The van der Waals surface area contributed by atoms with Crippen LogP contribution in [0.3, 0.4) is 0 Å². The predicted molar refractivity (Wildman–Crippen MR) is 77.2 cm³/mol. The van der Waals surface area contributed by atoms with E-state index in [1.807, 2.05) is 12.1 Å². The normalized spacial score (nSPS) is 21.4. The van der Waals surface area contributed by atoms with Crippen LogP contribution in [0.1, 0.15) is 24.3 Å². The quantitative estimate of drug-likeness (QED) is 0.842. The Labute approximate surface area is 121 Å². The number of benzene rings is 2. The van der Waals surface area contributed by atoms with Gasteiger partial charge in [0.25, 0.3) is 0 Å². The minimum absolute atomic E-state index is 0.111. The van der Waals surface area contributed by atoms with E-state index in [-0.39, 0.29) is 22.8 Å². The molecule has 1 N–H and O–H groups in total. The second-order valence-electron chi connectivity index (χ2n) is 5.16. The molecule has 0 unspecified atom stereocenters. The summed E-state index contributed by atoms with van der Waals surface area (Å²) in [6, 6.07) is 11.8. The molecule has 4 heteroatoms.